The number of hydrogen-bond acceptors (Lipinski definition) is 6. The third-order valence-electron chi connectivity index (χ3n) is 10.0. The fraction of sp³-hybridized carbons (Fsp3) is 0.120. The molecule has 0 saturated heterocycles. The Balaban J connectivity index is 0.000000184. The van der Waals surface area contributed by atoms with Crippen LogP contribution in [-0.4, -0.2) is 28.4 Å². The molecule has 306 valence electrons. The van der Waals surface area contributed by atoms with Gasteiger partial charge in [0.25, 0.3) is 0 Å². The summed E-state index contributed by atoms with van der Waals surface area (Å²) in [6, 6.07) is 35.3. The summed E-state index contributed by atoms with van der Waals surface area (Å²) in [5.74, 6) is 0.503. The van der Waals surface area contributed by atoms with Gasteiger partial charge in [0.2, 0.25) is 0 Å². The average Bonchev–Trinajstić information content (AvgIpc) is 3.71. The van der Waals surface area contributed by atoms with Crippen LogP contribution in [0.2, 0.25) is 20.1 Å². The molecule has 0 saturated carbocycles. The number of carboxylic acids is 1. The van der Waals surface area contributed by atoms with Crippen LogP contribution in [0.15, 0.2) is 132 Å². The topological polar surface area (TPSA) is 107 Å². The number of carbonyl (C=O) groups excluding carboxylic acids is 3. The van der Waals surface area contributed by atoms with Crippen LogP contribution in [0.1, 0.15) is 88.2 Å². The van der Waals surface area contributed by atoms with Gasteiger partial charge in [0.05, 0.1) is 5.56 Å². The molecule has 6 aromatic carbocycles. The van der Waals surface area contributed by atoms with Crippen molar-refractivity contribution in [2.45, 2.75) is 39.4 Å². The molecule has 8 rings (SSSR count). The summed E-state index contributed by atoms with van der Waals surface area (Å²) in [6.45, 7) is 2.54. The summed E-state index contributed by atoms with van der Waals surface area (Å²) in [5.41, 5.74) is 8.91. The maximum Gasteiger partial charge on any atom is 0.335 e. The van der Waals surface area contributed by atoms with Crippen molar-refractivity contribution in [1.29, 1.82) is 0 Å². The fourth-order valence-corrected chi connectivity index (χ4v) is 8.08. The normalized spacial score (nSPS) is 14.0. The van der Waals surface area contributed by atoms with Crippen molar-refractivity contribution in [1.82, 2.24) is 0 Å². The summed E-state index contributed by atoms with van der Waals surface area (Å²) in [7, 11) is 0. The molecule has 0 fully saturated rings. The lowest BCUT2D eigenvalue weighted by molar-refractivity contribution is 0.0696. The number of carboxylic acid groups (broad SMARTS) is 1. The van der Waals surface area contributed by atoms with Crippen LogP contribution < -0.4 is 9.47 Å². The largest absolute Gasteiger partial charge is 0.489 e. The summed E-state index contributed by atoms with van der Waals surface area (Å²) >= 11 is 24.2. The van der Waals surface area contributed by atoms with Gasteiger partial charge in [0, 0.05) is 67.2 Å². The highest BCUT2D eigenvalue weighted by molar-refractivity contribution is 6.35. The van der Waals surface area contributed by atoms with Crippen LogP contribution >= 0.6 is 46.4 Å². The predicted octanol–water partition coefficient (Wildman–Crippen LogP) is 13.1. The van der Waals surface area contributed by atoms with Gasteiger partial charge in [-0.05, 0) is 130 Å². The van der Waals surface area contributed by atoms with Crippen LogP contribution in [0.5, 0.6) is 11.5 Å². The molecule has 0 heterocycles. The summed E-state index contributed by atoms with van der Waals surface area (Å²) in [5, 5.41) is 11.1. The number of carbonyl (C=O) groups is 4. The Morgan fingerprint density at radius 1 is 0.557 bits per heavy atom. The zero-order valence-electron chi connectivity index (χ0n) is 32.6. The summed E-state index contributed by atoms with van der Waals surface area (Å²) in [6.07, 6.45) is 5.17. The van der Waals surface area contributed by atoms with Crippen molar-refractivity contribution in [3.8, 4) is 11.5 Å². The number of aromatic carboxylic acids is 1. The van der Waals surface area contributed by atoms with E-state index in [4.69, 9.17) is 61.0 Å². The van der Waals surface area contributed by atoms with E-state index in [1.807, 2.05) is 67.6 Å². The van der Waals surface area contributed by atoms with Crippen molar-refractivity contribution in [3.05, 3.63) is 208 Å². The summed E-state index contributed by atoms with van der Waals surface area (Å²) < 4.78 is 11.7. The van der Waals surface area contributed by atoms with E-state index in [-0.39, 0.29) is 22.9 Å². The predicted molar refractivity (Wildman–Crippen MR) is 241 cm³/mol. The fourth-order valence-electron chi connectivity index (χ4n) is 6.99. The smallest absolute Gasteiger partial charge is 0.335 e. The molecule has 0 aliphatic heterocycles. The second kappa shape index (κ2) is 19.2. The SMILES string of the molecule is CCC(=O)c1ccc(COc2ccc3c(c2)C/C(=C\c2cc(Cl)cc(Cl)c2)C3=O)cc1.O=C(O)c1ccc(COc2ccc3c(c2)C/C(=C\c2cc(Cl)cc(Cl)c2)C3=O)cc1. The molecule has 2 aliphatic rings. The molecule has 7 nitrogen and oxygen atoms in total. The van der Waals surface area contributed by atoms with Crippen molar-refractivity contribution >= 4 is 81.9 Å². The lowest BCUT2D eigenvalue weighted by Gasteiger charge is -2.08. The Bertz CT molecular complexity index is 2710. The molecule has 0 spiro atoms. The first-order chi connectivity index (χ1) is 29.3. The molecule has 1 N–H and O–H groups in total. The number of Topliss-reactive ketones (excluding diaryl/α,β-unsaturated/α-hetero) is 3. The lowest BCUT2D eigenvalue weighted by atomic mass is 10.1. The molecular weight excluding hydrogens is 854 g/mol. The van der Waals surface area contributed by atoms with Gasteiger partial charge in [0.1, 0.15) is 24.7 Å². The van der Waals surface area contributed by atoms with E-state index >= 15 is 0 Å². The number of allylic oxidation sites excluding steroid dienone is 2. The van der Waals surface area contributed by atoms with Gasteiger partial charge >= 0.3 is 5.97 Å². The average molecular weight is 891 g/mol. The molecule has 0 bridgehead atoms. The molecule has 11 heteroatoms. The van der Waals surface area contributed by atoms with Crippen LogP contribution in [-0.2, 0) is 26.1 Å². The van der Waals surface area contributed by atoms with E-state index in [1.165, 1.54) is 0 Å². The molecule has 0 radical (unpaired) electrons. The summed E-state index contributed by atoms with van der Waals surface area (Å²) in [4.78, 5) is 48.2. The number of ketones is 3. The number of fused-ring (bicyclic) bond motifs is 2. The van der Waals surface area contributed by atoms with Crippen LogP contribution in [0, 0.1) is 0 Å². The van der Waals surface area contributed by atoms with E-state index in [2.05, 4.69) is 0 Å². The van der Waals surface area contributed by atoms with Crippen molar-refractivity contribution in [2.24, 2.45) is 0 Å². The van der Waals surface area contributed by atoms with Gasteiger partial charge in [0.15, 0.2) is 17.3 Å². The first-order valence-electron chi connectivity index (χ1n) is 19.2. The second-order valence-corrected chi connectivity index (χ2v) is 16.2. The molecule has 2 aliphatic carbocycles. The van der Waals surface area contributed by atoms with Gasteiger partial charge < -0.3 is 14.6 Å². The Morgan fingerprint density at radius 3 is 1.33 bits per heavy atom. The maximum atomic E-state index is 12.8. The van der Waals surface area contributed by atoms with Crippen molar-refractivity contribution in [3.63, 3.8) is 0 Å². The number of rotatable bonds is 11. The number of benzene rings is 6. The Morgan fingerprint density at radius 2 is 0.951 bits per heavy atom. The number of ether oxygens (including phenoxy) is 2. The van der Waals surface area contributed by atoms with Gasteiger partial charge in [-0.2, -0.15) is 0 Å². The zero-order chi connectivity index (χ0) is 43.2. The quantitative estimate of drug-likeness (QED) is 0.102. The highest BCUT2D eigenvalue weighted by Gasteiger charge is 2.26. The van der Waals surface area contributed by atoms with Crippen LogP contribution in [0.4, 0.5) is 0 Å². The van der Waals surface area contributed by atoms with E-state index in [1.54, 1.807) is 72.8 Å². The van der Waals surface area contributed by atoms with E-state index in [9.17, 15) is 19.2 Å². The maximum absolute atomic E-state index is 12.8. The van der Waals surface area contributed by atoms with Crippen molar-refractivity contribution < 1.29 is 33.8 Å². The van der Waals surface area contributed by atoms with Crippen LogP contribution in [0.3, 0.4) is 0 Å². The molecule has 0 amide bonds. The third kappa shape index (κ3) is 10.9. The zero-order valence-corrected chi connectivity index (χ0v) is 35.7. The Hall–Kier alpha value is -5.96. The molecule has 0 atom stereocenters. The molecular formula is C50H36Cl4O7. The van der Waals surface area contributed by atoms with Crippen LogP contribution in [0.25, 0.3) is 12.2 Å². The third-order valence-corrected chi connectivity index (χ3v) is 10.9. The minimum Gasteiger partial charge on any atom is -0.489 e. The highest BCUT2D eigenvalue weighted by Crippen LogP contribution is 2.34. The standard InChI is InChI=1S/C26H20Cl2O3.C24H16Cl2O4/c1-2-25(29)18-5-3-16(4-6-18)15-31-23-7-8-24-19(13-23)12-20(26(24)30)9-17-10-21(27)14-22(28)11-17;25-19-8-15(9-20(26)12-19)7-18-10-17-11-21(5-6-22(17)23(18)27)30-13-14-1-3-16(4-2-14)24(28)29/h3-11,13-14H,2,12,15H2,1H3;1-9,11-12H,10,13H2,(H,28,29)/b20-9+;18-7+. The van der Waals surface area contributed by atoms with Gasteiger partial charge in [-0.3, -0.25) is 14.4 Å². The van der Waals surface area contributed by atoms with Gasteiger partial charge in [-0.1, -0.05) is 89.7 Å². The first kappa shape index (κ1) is 43.1. The Labute approximate surface area is 372 Å². The minimum atomic E-state index is -0.963. The first-order valence-corrected chi connectivity index (χ1v) is 20.7. The number of halogens is 4. The van der Waals surface area contributed by atoms with E-state index < -0.39 is 5.97 Å². The van der Waals surface area contributed by atoms with E-state index in [0.29, 0.717) is 91.9 Å². The van der Waals surface area contributed by atoms with E-state index in [0.717, 1.165) is 33.4 Å². The van der Waals surface area contributed by atoms with Gasteiger partial charge in [-0.15, -0.1) is 0 Å². The molecule has 0 aromatic heterocycles. The number of hydrogen-bond donors (Lipinski definition) is 1. The molecule has 61 heavy (non-hydrogen) atoms. The lowest BCUT2D eigenvalue weighted by Crippen LogP contribution is -1.99. The minimum absolute atomic E-state index is 0.00817. The monoisotopic (exact) mass is 888 g/mol. The molecule has 0 unspecified atom stereocenters. The molecule has 6 aromatic rings. The van der Waals surface area contributed by atoms with Gasteiger partial charge in [-0.25, -0.2) is 4.79 Å². The Kier molecular flexibility index (Phi) is 13.6. The second-order valence-electron chi connectivity index (χ2n) is 14.4. The highest BCUT2D eigenvalue weighted by atomic mass is 35.5. The van der Waals surface area contributed by atoms with Crippen molar-refractivity contribution in [2.75, 3.05) is 0 Å².